The summed E-state index contributed by atoms with van der Waals surface area (Å²) in [6.45, 7) is 0.913. The summed E-state index contributed by atoms with van der Waals surface area (Å²) in [4.78, 5) is 24.5. The van der Waals surface area contributed by atoms with Crippen LogP contribution < -0.4 is 16.0 Å². The number of urea groups is 1. The number of nitrogens with zero attached hydrogens (tertiary/aromatic N) is 3. The number of benzene rings is 2. The Hall–Kier alpha value is -3.68. The summed E-state index contributed by atoms with van der Waals surface area (Å²) in [7, 11) is 1.47. The first-order valence-electron chi connectivity index (χ1n) is 10.5. The Kier molecular flexibility index (Phi) is 6.26. The maximum atomic E-state index is 12.8. The average Bonchev–Trinajstić information content (AvgIpc) is 3.06. The van der Waals surface area contributed by atoms with Crippen molar-refractivity contribution in [2.75, 3.05) is 12.4 Å². The van der Waals surface area contributed by atoms with E-state index in [0.717, 1.165) is 54.3 Å². The van der Waals surface area contributed by atoms with Crippen molar-refractivity contribution in [1.29, 1.82) is 0 Å². The second-order valence-electron chi connectivity index (χ2n) is 7.54. The van der Waals surface area contributed by atoms with Crippen molar-refractivity contribution < 1.29 is 9.59 Å². The van der Waals surface area contributed by atoms with Gasteiger partial charge in [0.15, 0.2) is 5.82 Å². The number of anilines is 1. The van der Waals surface area contributed by atoms with Crippen LogP contribution in [0.15, 0.2) is 54.6 Å². The zero-order valence-corrected chi connectivity index (χ0v) is 17.5. The van der Waals surface area contributed by atoms with E-state index in [2.05, 4.69) is 30.7 Å². The Labute approximate surface area is 181 Å². The summed E-state index contributed by atoms with van der Waals surface area (Å²) in [5.41, 5.74) is 2.44. The lowest BCUT2D eigenvalue weighted by molar-refractivity contribution is -0.120. The van der Waals surface area contributed by atoms with Crippen LogP contribution in [0.5, 0.6) is 0 Å². The lowest BCUT2D eigenvalue weighted by Gasteiger charge is -2.20. The first-order chi connectivity index (χ1) is 15.2. The van der Waals surface area contributed by atoms with Crippen molar-refractivity contribution in [1.82, 2.24) is 25.4 Å². The van der Waals surface area contributed by atoms with Gasteiger partial charge in [-0.05, 0) is 30.5 Å². The van der Waals surface area contributed by atoms with E-state index in [1.165, 1.54) is 13.5 Å². The summed E-state index contributed by atoms with van der Waals surface area (Å²) in [5, 5.41) is 16.9. The number of imide groups is 1. The van der Waals surface area contributed by atoms with E-state index in [-0.39, 0.29) is 0 Å². The molecule has 0 radical (unpaired) electrons. The molecule has 8 nitrogen and oxygen atoms in total. The molecule has 3 aromatic rings. The number of aromatic nitrogens is 3. The third-order valence-corrected chi connectivity index (χ3v) is 5.40. The van der Waals surface area contributed by atoms with Crippen LogP contribution in [0, 0.1) is 0 Å². The number of aryl methyl sites for hydroxylation is 1. The molecule has 0 aliphatic carbocycles. The molecule has 0 saturated carbocycles. The van der Waals surface area contributed by atoms with Crippen molar-refractivity contribution >= 4 is 17.6 Å². The van der Waals surface area contributed by atoms with Gasteiger partial charge in [0.2, 0.25) is 0 Å². The van der Waals surface area contributed by atoms with Gasteiger partial charge in [-0.1, -0.05) is 48.9 Å². The number of hydrogen-bond donors (Lipinski definition) is 3. The summed E-state index contributed by atoms with van der Waals surface area (Å²) < 4.78 is 2.19. The highest BCUT2D eigenvalue weighted by molar-refractivity contribution is 5.98. The highest BCUT2D eigenvalue weighted by Gasteiger charge is 2.23. The molecule has 4 rings (SSSR count). The molecule has 0 spiro atoms. The molecule has 2 heterocycles. The molecule has 31 heavy (non-hydrogen) atoms. The number of carbonyl (C=O) groups excluding carboxylic acids is 2. The lowest BCUT2D eigenvalue weighted by atomic mass is 10.1. The first kappa shape index (κ1) is 20.6. The molecular formula is C23H26N6O2. The minimum atomic E-state index is -0.732. The van der Waals surface area contributed by atoms with Gasteiger partial charge >= 0.3 is 6.03 Å². The molecule has 1 aliphatic heterocycles. The average molecular weight is 419 g/mol. The smallest absolute Gasteiger partial charge is 0.321 e. The normalized spacial score (nSPS) is 14.1. The van der Waals surface area contributed by atoms with E-state index in [9.17, 15) is 9.59 Å². The number of rotatable bonds is 5. The highest BCUT2D eigenvalue weighted by atomic mass is 16.2. The van der Waals surface area contributed by atoms with E-state index in [1.807, 2.05) is 54.6 Å². The van der Waals surface area contributed by atoms with Crippen LogP contribution in [-0.2, 0) is 17.8 Å². The second kappa shape index (κ2) is 9.42. The lowest BCUT2D eigenvalue weighted by Crippen LogP contribution is -2.42. The van der Waals surface area contributed by atoms with Crippen molar-refractivity contribution in [2.24, 2.45) is 0 Å². The fraction of sp³-hybridized carbons (Fsp3) is 0.304. The van der Waals surface area contributed by atoms with Crippen LogP contribution in [0.25, 0.3) is 11.4 Å². The van der Waals surface area contributed by atoms with E-state index < -0.39 is 18.0 Å². The Morgan fingerprint density at radius 1 is 1.00 bits per heavy atom. The van der Waals surface area contributed by atoms with Crippen molar-refractivity contribution in [2.45, 2.75) is 38.3 Å². The standard InChI is InChI=1S/C23H26N6O2/c1-24-23(31)26-22(30)20(16-9-4-2-5-10-16)25-18-12-8-11-17(15-18)21-28-27-19-13-6-3-7-14-29(19)21/h2,4-5,8-12,15,20,25H,3,6-7,13-14H2,1H3,(H2,24,26,30,31)/t20-/m1/s1. The van der Waals surface area contributed by atoms with E-state index >= 15 is 0 Å². The van der Waals surface area contributed by atoms with Crippen LogP contribution in [0.4, 0.5) is 10.5 Å². The Morgan fingerprint density at radius 2 is 1.84 bits per heavy atom. The molecule has 0 saturated heterocycles. The Morgan fingerprint density at radius 3 is 2.65 bits per heavy atom. The van der Waals surface area contributed by atoms with Gasteiger partial charge in [0, 0.05) is 31.3 Å². The third kappa shape index (κ3) is 4.74. The molecule has 3 amide bonds. The molecule has 1 aromatic heterocycles. The van der Waals surface area contributed by atoms with Crippen molar-refractivity contribution in [3.63, 3.8) is 0 Å². The molecule has 0 unspecified atom stereocenters. The summed E-state index contributed by atoms with van der Waals surface area (Å²) in [6.07, 6.45) is 4.40. The highest BCUT2D eigenvalue weighted by Crippen LogP contribution is 2.27. The second-order valence-corrected chi connectivity index (χ2v) is 7.54. The van der Waals surface area contributed by atoms with Crippen LogP contribution >= 0.6 is 0 Å². The molecule has 0 bridgehead atoms. The van der Waals surface area contributed by atoms with Gasteiger partial charge < -0.3 is 15.2 Å². The zero-order chi connectivity index (χ0) is 21.6. The van der Waals surface area contributed by atoms with E-state index in [0.29, 0.717) is 0 Å². The van der Waals surface area contributed by atoms with Crippen LogP contribution in [0.2, 0.25) is 0 Å². The summed E-state index contributed by atoms with van der Waals surface area (Å²) in [6, 6.07) is 15.8. The molecule has 1 aliphatic rings. The van der Waals surface area contributed by atoms with Gasteiger partial charge in [-0.15, -0.1) is 10.2 Å². The number of hydrogen-bond acceptors (Lipinski definition) is 5. The van der Waals surface area contributed by atoms with E-state index in [4.69, 9.17) is 0 Å². The molecule has 8 heteroatoms. The Bertz CT molecular complexity index is 1060. The maximum absolute atomic E-state index is 12.8. The quantitative estimate of drug-likeness (QED) is 0.590. The fourth-order valence-electron chi connectivity index (χ4n) is 3.81. The molecular weight excluding hydrogens is 392 g/mol. The Balaban J connectivity index is 1.62. The molecule has 1 atom stereocenters. The van der Waals surface area contributed by atoms with Crippen molar-refractivity contribution in [3.8, 4) is 11.4 Å². The fourth-order valence-corrected chi connectivity index (χ4v) is 3.81. The predicted octanol–water partition coefficient (Wildman–Crippen LogP) is 3.28. The summed E-state index contributed by atoms with van der Waals surface area (Å²) in [5.74, 6) is 1.43. The van der Waals surface area contributed by atoms with Crippen LogP contribution in [-0.4, -0.2) is 33.8 Å². The number of nitrogens with one attached hydrogen (secondary N) is 3. The number of fused-ring (bicyclic) bond motifs is 1. The molecule has 3 N–H and O–H groups in total. The SMILES string of the molecule is CNC(=O)NC(=O)[C@H](Nc1cccc(-c2nnc3n2CCCCC3)c1)c1ccccc1. The minimum Gasteiger partial charge on any atom is -0.370 e. The molecule has 2 aromatic carbocycles. The van der Waals surface area contributed by atoms with Gasteiger partial charge in [0.25, 0.3) is 5.91 Å². The van der Waals surface area contributed by atoms with Crippen LogP contribution in [0.3, 0.4) is 0 Å². The molecule has 160 valence electrons. The van der Waals surface area contributed by atoms with Gasteiger partial charge in [-0.25, -0.2) is 4.79 Å². The van der Waals surface area contributed by atoms with Gasteiger partial charge in [0.1, 0.15) is 11.9 Å². The summed E-state index contributed by atoms with van der Waals surface area (Å²) >= 11 is 0. The van der Waals surface area contributed by atoms with Crippen molar-refractivity contribution in [3.05, 3.63) is 66.0 Å². The largest absolute Gasteiger partial charge is 0.370 e. The number of amides is 3. The third-order valence-electron chi connectivity index (χ3n) is 5.40. The maximum Gasteiger partial charge on any atom is 0.321 e. The van der Waals surface area contributed by atoms with Gasteiger partial charge in [-0.2, -0.15) is 0 Å². The monoisotopic (exact) mass is 418 g/mol. The molecule has 0 fully saturated rings. The first-order valence-corrected chi connectivity index (χ1v) is 10.5. The predicted molar refractivity (Wildman–Crippen MR) is 118 cm³/mol. The van der Waals surface area contributed by atoms with E-state index in [1.54, 1.807) is 0 Å². The zero-order valence-electron chi connectivity index (χ0n) is 17.5. The van der Waals surface area contributed by atoms with Crippen LogP contribution in [0.1, 0.15) is 36.7 Å². The van der Waals surface area contributed by atoms with Gasteiger partial charge in [0.05, 0.1) is 0 Å². The topological polar surface area (TPSA) is 101 Å². The number of carbonyl (C=O) groups is 2. The minimum absolute atomic E-state index is 0.438. The van der Waals surface area contributed by atoms with Gasteiger partial charge in [-0.3, -0.25) is 10.1 Å².